The SMILES string of the molecule is CCCCc1cc2c(cc1O)OC(C)(C)c1oc3ccccc3c1-2. The minimum absolute atomic E-state index is 0.314. The van der Waals surface area contributed by atoms with E-state index in [0.717, 1.165) is 58.4 Å². The summed E-state index contributed by atoms with van der Waals surface area (Å²) in [4.78, 5) is 0. The van der Waals surface area contributed by atoms with Gasteiger partial charge in [0.05, 0.1) is 0 Å². The highest BCUT2D eigenvalue weighted by atomic mass is 16.5. The van der Waals surface area contributed by atoms with Gasteiger partial charge in [0.25, 0.3) is 0 Å². The van der Waals surface area contributed by atoms with Crippen LogP contribution in [-0.2, 0) is 12.0 Å². The molecule has 0 fully saturated rings. The van der Waals surface area contributed by atoms with Crippen LogP contribution in [0.3, 0.4) is 0 Å². The molecule has 0 bridgehead atoms. The van der Waals surface area contributed by atoms with Crippen LogP contribution in [0.5, 0.6) is 11.5 Å². The number of fused-ring (bicyclic) bond motifs is 5. The number of phenols is 1. The van der Waals surface area contributed by atoms with Gasteiger partial charge in [-0.25, -0.2) is 0 Å². The Bertz CT molecular complexity index is 918. The number of aromatic hydroxyl groups is 1. The van der Waals surface area contributed by atoms with Crippen LogP contribution in [0.25, 0.3) is 22.1 Å². The summed E-state index contributed by atoms with van der Waals surface area (Å²) in [5, 5.41) is 11.5. The molecule has 0 saturated heterocycles. The Kier molecular flexibility index (Phi) is 3.34. The summed E-state index contributed by atoms with van der Waals surface area (Å²) < 4.78 is 12.3. The van der Waals surface area contributed by atoms with Crippen LogP contribution in [0.2, 0.25) is 0 Å². The number of rotatable bonds is 3. The smallest absolute Gasteiger partial charge is 0.161 e. The van der Waals surface area contributed by atoms with Crippen LogP contribution >= 0.6 is 0 Å². The van der Waals surface area contributed by atoms with Crippen LogP contribution in [0.1, 0.15) is 44.9 Å². The maximum absolute atomic E-state index is 10.4. The molecule has 4 rings (SSSR count). The minimum atomic E-state index is -0.571. The fourth-order valence-electron chi connectivity index (χ4n) is 3.52. The molecule has 124 valence electrons. The molecule has 0 spiro atoms. The third-order valence-electron chi connectivity index (χ3n) is 4.76. The first-order valence-electron chi connectivity index (χ1n) is 8.58. The largest absolute Gasteiger partial charge is 0.508 e. The Labute approximate surface area is 141 Å². The van der Waals surface area contributed by atoms with Gasteiger partial charge in [0, 0.05) is 22.6 Å². The van der Waals surface area contributed by atoms with Gasteiger partial charge in [0.2, 0.25) is 0 Å². The molecule has 3 nitrogen and oxygen atoms in total. The van der Waals surface area contributed by atoms with E-state index >= 15 is 0 Å². The zero-order valence-corrected chi connectivity index (χ0v) is 14.3. The average molecular weight is 322 g/mol. The lowest BCUT2D eigenvalue weighted by Gasteiger charge is -2.31. The van der Waals surface area contributed by atoms with Crippen molar-refractivity contribution in [1.82, 2.24) is 0 Å². The number of ether oxygens (including phenoxy) is 1. The number of phenolic OH excluding ortho intramolecular Hbond substituents is 1. The van der Waals surface area contributed by atoms with Crippen LogP contribution in [-0.4, -0.2) is 5.11 Å². The molecule has 0 unspecified atom stereocenters. The second-order valence-corrected chi connectivity index (χ2v) is 7.00. The van der Waals surface area contributed by atoms with E-state index in [1.165, 1.54) is 0 Å². The van der Waals surface area contributed by atoms with Gasteiger partial charge in [-0.15, -0.1) is 0 Å². The number of unbranched alkanes of at least 4 members (excludes halogenated alkanes) is 1. The zero-order chi connectivity index (χ0) is 16.9. The molecule has 0 aliphatic carbocycles. The van der Waals surface area contributed by atoms with Gasteiger partial charge in [-0.1, -0.05) is 31.5 Å². The number of furan rings is 1. The lowest BCUT2D eigenvalue weighted by molar-refractivity contribution is 0.0810. The average Bonchev–Trinajstić information content (AvgIpc) is 2.94. The van der Waals surface area contributed by atoms with Crippen molar-refractivity contribution in [3.8, 4) is 22.6 Å². The second-order valence-electron chi connectivity index (χ2n) is 7.00. The van der Waals surface area contributed by atoms with Gasteiger partial charge in [0.1, 0.15) is 17.1 Å². The monoisotopic (exact) mass is 322 g/mol. The van der Waals surface area contributed by atoms with E-state index in [1.807, 2.05) is 32.0 Å². The third kappa shape index (κ3) is 2.19. The molecule has 2 aromatic carbocycles. The molecule has 1 aromatic heterocycles. The van der Waals surface area contributed by atoms with Gasteiger partial charge >= 0.3 is 0 Å². The second kappa shape index (κ2) is 5.30. The van der Waals surface area contributed by atoms with Crippen molar-refractivity contribution < 1.29 is 14.3 Å². The van der Waals surface area contributed by atoms with Gasteiger partial charge in [-0.2, -0.15) is 0 Å². The van der Waals surface area contributed by atoms with Crippen molar-refractivity contribution in [1.29, 1.82) is 0 Å². The third-order valence-corrected chi connectivity index (χ3v) is 4.76. The van der Waals surface area contributed by atoms with E-state index in [4.69, 9.17) is 9.15 Å². The van der Waals surface area contributed by atoms with Crippen molar-refractivity contribution in [3.05, 3.63) is 47.7 Å². The highest BCUT2D eigenvalue weighted by Crippen LogP contribution is 2.51. The summed E-state index contributed by atoms with van der Waals surface area (Å²) in [7, 11) is 0. The first-order valence-corrected chi connectivity index (χ1v) is 8.58. The molecular weight excluding hydrogens is 300 g/mol. The Morgan fingerprint density at radius 3 is 2.71 bits per heavy atom. The summed E-state index contributed by atoms with van der Waals surface area (Å²) >= 11 is 0. The highest BCUT2D eigenvalue weighted by molar-refractivity contribution is 5.98. The maximum Gasteiger partial charge on any atom is 0.161 e. The Morgan fingerprint density at radius 2 is 1.92 bits per heavy atom. The van der Waals surface area contributed by atoms with E-state index < -0.39 is 5.60 Å². The number of benzene rings is 2. The van der Waals surface area contributed by atoms with Gasteiger partial charge in [-0.05, 0) is 44.4 Å². The van der Waals surface area contributed by atoms with Crippen LogP contribution in [0, 0.1) is 0 Å². The summed E-state index contributed by atoms with van der Waals surface area (Å²) in [5.74, 6) is 1.88. The fourth-order valence-corrected chi connectivity index (χ4v) is 3.52. The minimum Gasteiger partial charge on any atom is -0.508 e. The van der Waals surface area contributed by atoms with Crippen LogP contribution in [0.4, 0.5) is 0 Å². The predicted octanol–water partition coefficient (Wildman–Crippen LogP) is 5.78. The molecular formula is C21H22O3. The normalized spacial score (nSPS) is 15.0. The number of hydrogen-bond donors (Lipinski definition) is 1. The summed E-state index contributed by atoms with van der Waals surface area (Å²) in [6, 6.07) is 11.9. The summed E-state index contributed by atoms with van der Waals surface area (Å²) in [6.07, 6.45) is 3.02. The quantitative estimate of drug-likeness (QED) is 0.665. The lowest BCUT2D eigenvalue weighted by atomic mass is 9.89. The molecule has 24 heavy (non-hydrogen) atoms. The van der Waals surface area contributed by atoms with E-state index in [2.05, 4.69) is 19.1 Å². The molecule has 0 atom stereocenters. The molecule has 1 aliphatic heterocycles. The molecule has 3 heteroatoms. The molecule has 0 radical (unpaired) electrons. The van der Waals surface area contributed by atoms with Crippen molar-refractivity contribution >= 4 is 11.0 Å². The van der Waals surface area contributed by atoms with Crippen molar-refractivity contribution in [2.45, 2.75) is 45.6 Å². The number of aryl methyl sites for hydroxylation is 1. The fraction of sp³-hybridized carbons (Fsp3) is 0.333. The molecule has 3 aromatic rings. The van der Waals surface area contributed by atoms with Crippen LogP contribution in [0.15, 0.2) is 40.8 Å². The first kappa shape index (κ1) is 15.1. The van der Waals surface area contributed by atoms with E-state index in [-0.39, 0.29) is 0 Å². The molecule has 0 saturated carbocycles. The van der Waals surface area contributed by atoms with E-state index in [9.17, 15) is 5.11 Å². The highest BCUT2D eigenvalue weighted by Gasteiger charge is 2.38. The Hall–Kier alpha value is -2.42. The standard InChI is InChI=1S/C21H22O3/c1-4-5-8-13-11-15-18(12-16(13)22)24-21(2,3)20-19(15)14-9-6-7-10-17(14)23-20/h6-7,9-12,22H,4-5,8H2,1-3H3. The molecule has 2 heterocycles. The van der Waals surface area contributed by atoms with E-state index in [1.54, 1.807) is 6.07 Å². The van der Waals surface area contributed by atoms with Gasteiger partial charge in [-0.3, -0.25) is 0 Å². The van der Waals surface area contributed by atoms with E-state index in [0.29, 0.717) is 5.75 Å². The first-order chi connectivity index (χ1) is 11.5. The Balaban J connectivity index is 1.99. The Morgan fingerprint density at radius 1 is 1.12 bits per heavy atom. The molecule has 0 amide bonds. The summed E-state index contributed by atoms with van der Waals surface area (Å²) in [5.41, 5.74) is 3.37. The topological polar surface area (TPSA) is 42.6 Å². The zero-order valence-electron chi connectivity index (χ0n) is 14.3. The van der Waals surface area contributed by atoms with Gasteiger partial charge < -0.3 is 14.3 Å². The predicted molar refractivity (Wildman–Crippen MR) is 95.6 cm³/mol. The number of hydrogen-bond acceptors (Lipinski definition) is 3. The van der Waals surface area contributed by atoms with Gasteiger partial charge in [0.15, 0.2) is 11.4 Å². The number of para-hydroxylation sites is 1. The lowest BCUT2D eigenvalue weighted by Crippen LogP contribution is -2.28. The summed E-state index contributed by atoms with van der Waals surface area (Å²) in [6.45, 7) is 6.15. The van der Waals surface area contributed by atoms with Crippen molar-refractivity contribution in [2.24, 2.45) is 0 Å². The van der Waals surface area contributed by atoms with Crippen LogP contribution < -0.4 is 4.74 Å². The van der Waals surface area contributed by atoms with Crippen molar-refractivity contribution in [2.75, 3.05) is 0 Å². The van der Waals surface area contributed by atoms with Crippen molar-refractivity contribution in [3.63, 3.8) is 0 Å². The molecule has 1 N–H and O–H groups in total. The molecule has 1 aliphatic rings. The maximum atomic E-state index is 10.4.